The number of sulfonamides is 1. The molecule has 0 aromatic heterocycles. The fourth-order valence-corrected chi connectivity index (χ4v) is 5.99. The van der Waals surface area contributed by atoms with Crippen molar-refractivity contribution in [2.24, 2.45) is 11.8 Å². The molecule has 29 heavy (non-hydrogen) atoms. The van der Waals surface area contributed by atoms with Crippen molar-refractivity contribution in [1.82, 2.24) is 5.32 Å². The number of aryl methyl sites for hydroxylation is 1. The summed E-state index contributed by atoms with van der Waals surface area (Å²) in [4.78, 5) is 12.7. The molecule has 0 saturated heterocycles. The summed E-state index contributed by atoms with van der Waals surface area (Å²) in [5.74, 6) is 0.362. The fourth-order valence-electron chi connectivity index (χ4n) is 4.56. The van der Waals surface area contributed by atoms with Gasteiger partial charge < -0.3 is 5.32 Å². The first-order valence-electron chi connectivity index (χ1n) is 9.97. The lowest BCUT2D eigenvalue weighted by atomic mass is 9.95. The van der Waals surface area contributed by atoms with Crippen LogP contribution in [0.2, 0.25) is 0 Å². The summed E-state index contributed by atoms with van der Waals surface area (Å²) in [6, 6.07) is 11.8. The molecule has 2 bridgehead atoms. The van der Waals surface area contributed by atoms with Crippen LogP contribution in [0.5, 0.6) is 0 Å². The topological polar surface area (TPSA) is 66.5 Å². The summed E-state index contributed by atoms with van der Waals surface area (Å²) in [6.45, 7) is 1.60. The van der Waals surface area contributed by atoms with Gasteiger partial charge in [0.2, 0.25) is 5.91 Å². The van der Waals surface area contributed by atoms with Crippen LogP contribution in [0.25, 0.3) is 0 Å². The molecule has 3 atom stereocenters. The molecule has 7 heteroatoms. The maximum Gasteiger partial charge on any atom is 0.264 e. The van der Waals surface area contributed by atoms with Gasteiger partial charge in [-0.1, -0.05) is 24.1 Å². The van der Waals surface area contributed by atoms with Crippen LogP contribution in [0.3, 0.4) is 0 Å². The number of nitrogens with one attached hydrogen (secondary N) is 1. The first-order chi connectivity index (χ1) is 13.8. The number of nitrogens with zero attached hydrogens (tertiary/aromatic N) is 1. The molecule has 2 aliphatic rings. The average molecular weight is 417 g/mol. The van der Waals surface area contributed by atoms with E-state index in [2.05, 4.69) is 5.32 Å². The summed E-state index contributed by atoms with van der Waals surface area (Å²) in [6.07, 6.45) is 4.49. The Morgan fingerprint density at radius 3 is 2.34 bits per heavy atom. The zero-order valence-electron chi connectivity index (χ0n) is 16.3. The Labute approximate surface area is 171 Å². The third-order valence-corrected chi connectivity index (χ3v) is 7.88. The number of amides is 1. The van der Waals surface area contributed by atoms with Crippen molar-refractivity contribution in [3.8, 4) is 0 Å². The van der Waals surface area contributed by atoms with E-state index in [1.165, 1.54) is 18.6 Å². The summed E-state index contributed by atoms with van der Waals surface area (Å²) >= 11 is 0. The van der Waals surface area contributed by atoms with Crippen LogP contribution in [0.15, 0.2) is 53.4 Å². The summed E-state index contributed by atoms with van der Waals surface area (Å²) in [5, 5.41) is 3.05. The van der Waals surface area contributed by atoms with Crippen molar-refractivity contribution in [1.29, 1.82) is 0 Å². The first kappa shape index (κ1) is 19.9. The molecule has 2 aromatic carbocycles. The Morgan fingerprint density at radius 1 is 1.07 bits per heavy atom. The quantitative estimate of drug-likeness (QED) is 0.782. The standard InChI is InChI=1S/C22H25FN2O3S/c1-15-2-8-19(9-3-15)25(29(27,28)20-10-6-18(23)7-11-20)14-22(26)24-21-13-16-4-5-17(21)12-16/h2-3,6-11,16-17,21H,4-5,12-14H2,1H3,(H,24,26)/t16-,17+,21+/m0/s1. The van der Waals surface area contributed by atoms with Crippen molar-refractivity contribution >= 4 is 21.6 Å². The van der Waals surface area contributed by atoms with Gasteiger partial charge in [-0.15, -0.1) is 0 Å². The minimum Gasteiger partial charge on any atom is -0.352 e. The highest BCUT2D eigenvalue weighted by Gasteiger charge is 2.40. The predicted octanol–water partition coefficient (Wildman–Crippen LogP) is 3.63. The number of hydrogen-bond donors (Lipinski definition) is 1. The van der Waals surface area contributed by atoms with E-state index < -0.39 is 15.8 Å². The van der Waals surface area contributed by atoms with Crippen LogP contribution in [0, 0.1) is 24.6 Å². The Morgan fingerprint density at radius 2 is 1.76 bits per heavy atom. The third-order valence-electron chi connectivity index (χ3n) is 6.10. The molecular weight excluding hydrogens is 391 g/mol. The molecule has 0 aliphatic heterocycles. The zero-order valence-corrected chi connectivity index (χ0v) is 17.2. The molecule has 5 nitrogen and oxygen atoms in total. The van der Waals surface area contributed by atoms with Crippen LogP contribution in [0.1, 0.15) is 31.2 Å². The van der Waals surface area contributed by atoms with Gasteiger partial charge in [0, 0.05) is 6.04 Å². The smallest absolute Gasteiger partial charge is 0.264 e. The largest absolute Gasteiger partial charge is 0.352 e. The highest BCUT2D eigenvalue weighted by Crippen LogP contribution is 2.44. The molecule has 0 radical (unpaired) electrons. The zero-order chi connectivity index (χ0) is 20.6. The molecule has 2 aromatic rings. The molecule has 1 N–H and O–H groups in total. The van der Waals surface area contributed by atoms with E-state index in [0.29, 0.717) is 17.5 Å². The Balaban J connectivity index is 1.59. The number of carbonyl (C=O) groups is 1. The molecular formula is C22H25FN2O3S. The van der Waals surface area contributed by atoms with E-state index in [0.717, 1.165) is 41.3 Å². The molecule has 154 valence electrons. The van der Waals surface area contributed by atoms with E-state index in [1.807, 2.05) is 6.92 Å². The van der Waals surface area contributed by atoms with Crippen molar-refractivity contribution in [3.63, 3.8) is 0 Å². The van der Waals surface area contributed by atoms with Gasteiger partial charge in [0.25, 0.3) is 10.0 Å². The molecule has 2 fully saturated rings. The Kier molecular flexibility index (Phi) is 5.34. The summed E-state index contributed by atoms with van der Waals surface area (Å²) in [7, 11) is -4.02. The van der Waals surface area contributed by atoms with Gasteiger partial charge in [-0.2, -0.15) is 0 Å². The minimum atomic E-state index is -4.02. The maximum absolute atomic E-state index is 13.3. The summed E-state index contributed by atoms with van der Waals surface area (Å²) in [5.41, 5.74) is 1.39. The van der Waals surface area contributed by atoms with E-state index in [-0.39, 0.29) is 23.4 Å². The number of anilines is 1. The first-order valence-corrected chi connectivity index (χ1v) is 11.4. The lowest BCUT2D eigenvalue weighted by molar-refractivity contribution is -0.120. The molecule has 0 heterocycles. The second-order valence-corrected chi connectivity index (χ2v) is 10.0. The van der Waals surface area contributed by atoms with E-state index in [9.17, 15) is 17.6 Å². The van der Waals surface area contributed by atoms with Crippen molar-refractivity contribution in [3.05, 3.63) is 59.9 Å². The second-order valence-electron chi connectivity index (χ2n) is 8.15. The highest BCUT2D eigenvalue weighted by molar-refractivity contribution is 7.92. The highest BCUT2D eigenvalue weighted by atomic mass is 32.2. The average Bonchev–Trinajstić information content (AvgIpc) is 3.30. The van der Waals surface area contributed by atoms with Crippen molar-refractivity contribution < 1.29 is 17.6 Å². The molecule has 0 spiro atoms. The normalized spacial score (nSPS) is 23.2. The maximum atomic E-state index is 13.3. The van der Waals surface area contributed by atoms with Gasteiger partial charge in [-0.05, 0) is 74.4 Å². The number of carbonyl (C=O) groups excluding carboxylic acids is 1. The van der Waals surface area contributed by atoms with Crippen LogP contribution in [-0.4, -0.2) is 26.9 Å². The van der Waals surface area contributed by atoms with Crippen LogP contribution in [-0.2, 0) is 14.8 Å². The Bertz CT molecular complexity index is 990. The molecule has 0 unspecified atom stereocenters. The van der Waals surface area contributed by atoms with Gasteiger partial charge in [-0.25, -0.2) is 12.8 Å². The Hall–Kier alpha value is -2.41. The fraction of sp³-hybridized carbons (Fsp3) is 0.409. The van der Waals surface area contributed by atoms with Gasteiger partial charge >= 0.3 is 0 Å². The number of fused-ring (bicyclic) bond motifs is 2. The summed E-state index contributed by atoms with van der Waals surface area (Å²) < 4.78 is 40.9. The number of rotatable bonds is 6. The lowest BCUT2D eigenvalue weighted by Crippen LogP contribution is -2.46. The predicted molar refractivity (Wildman–Crippen MR) is 109 cm³/mol. The molecule has 2 saturated carbocycles. The molecule has 2 aliphatic carbocycles. The van der Waals surface area contributed by atoms with E-state index in [1.54, 1.807) is 24.3 Å². The third kappa shape index (κ3) is 4.15. The number of hydrogen-bond acceptors (Lipinski definition) is 3. The van der Waals surface area contributed by atoms with Crippen molar-refractivity contribution in [2.75, 3.05) is 10.8 Å². The monoisotopic (exact) mass is 416 g/mol. The van der Waals surface area contributed by atoms with Crippen LogP contribution < -0.4 is 9.62 Å². The number of halogens is 1. The van der Waals surface area contributed by atoms with E-state index >= 15 is 0 Å². The van der Waals surface area contributed by atoms with Crippen molar-refractivity contribution in [2.45, 2.75) is 43.5 Å². The number of benzene rings is 2. The van der Waals surface area contributed by atoms with E-state index in [4.69, 9.17) is 0 Å². The van der Waals surface area contributed by atoms with Gasteiger partial charge in [-0.3, -0.25) is 9.10 Å². The van der Waals surface area contributed by atoms with Crippen LogP contribution >= 0.6 is 0 Å². The van der Waals surface area contributed by atoms with Gasteiger partial charge in [0.1, 0.15) is 12.4 Å². The molecule has 4 rings (SSSR count). The lowest BCUT2D eigenvalue weighted by Gasteiger charge is -2.27. The van der Waals surface area contributed by atoms with Crippen LogP contribution in [0.4, 0.5) is 10.1 Å². The van der Waals surface area contributed by atoms with Gasteiger partial charge in [0.15, 0.2) is 0 Å². The second kappa shape index (κ2) is 7.78. The molecule has 1 amide bonds. The van der Waals surface area contributed by atoms with Gasteiger partial charge in [0.05, 0.1) is 10.6 Å². The SMILES string of the molecule is Cc1ccc(N(CC(=O)N[C@@H]2C[C@H]3CC[C@@H]2C3)S(=O)(=O)c2ccc(F)cc2)cc1. The minimum absolute atomic E-state index is 0.0489.